The lowest BCUT2D eigenvalue weighted by atomic mass is 10.1. The van der Waals surface area contributed by atoms with Gasteiger partial charge in [-0.3, -0.25) is 4.90 Å². The highest BCUT2D eigenvalue weighted by molar-refractivity contribution is 7.71. The second-order valence-electron chi connectivity index (χ2n) is 4.89. The Labute approximate surface area is 121 Å². The molecule has 1 aliphatic rings. The smallest absolute Gasteiger partial charge is 0.196 e. The molecule has 0 fully saturated rings. The number of rotatable bonds is 2. The molecular weight excluding hydrogens is 276 g/mol. The summed E-state index contributed by atoms with van der Waals surface area (Å²) in [4.78, 5) is 15.7. The highest BCUT2D eigenvalue weighted by Crippen LogP contribution is 2.23. The average Bonchev–Trinajstić information content (AvgIpc) is 2.68. The first-order valence-electron chi connectivity index (χ1n) is 6.34. The van der Waals surface area contributed by atoms with Crippen LogP contribution in [0.5, 0.6) is 0 Å². The van der Waals surface area contributed by atoms with Crippen molar-refractivity contribution in [2.75, 3.05) is 6.54 Å². The lowest BCUT2D eigenvalue weighted by Gasteiger charge is -2.27. The second kappa shape index (κ2) is 5.11. The van der Waals surface area contributed by atoms with Crippen LogP contribution in [0.25, 0.3) is 0 Å². The molecule has 4 nitrogen and oxygen atoms in total. The third-order valence-corrected chi connectivity index (χ3v) is 4.69. The van der Waals surface area contributed by atoms with Crippen LogP contribution in [0, 0.1) is 18.6 Å². The molecule has 6 heteroatoms. The molecule has 0 unspecified atom stereocenters. The number of thiazole rings is 1. The van der Waals surface area contributed by atoms with Crippen LogP contribution in [0.1, 0.15) is 26.8 Å². The molecule has 0 atom stereocenters. The van der Waals surface area contributed by atoms with Gasteiger partial charge in [-0.2, -0.15) is 0 Å². The first-order chi connectivity index (χ1) is 9.11. The van der Waals surface area contributed by atoms with Crippen LogP contribution in [-0.4, -0.2) is 26.4 Å². The van der Waals surface area contributed by atoms with Crippen molar-refractivity contribution >= 4 is 23.6 Å². The van der Waals surface area contributed by atoms with Gasteiger partial charge < -0.3 is 4.98 Å². The van der Waals surface area contributed by atoms with E-state index in [0.29, 0.717) is 4.77 Å². The molecule has 100 valence electrons. The Kier molecular flexibility index (Phi) is 3.47. The summed E-state index contributed by atoms with van der Waals surface area (Å²) >= 11 is 6.86. The number of aromatic amines is 1. The normalized spacial score (nSPS) is 15.5. The summed E-state index contributed by atoms with van der Waals surface area (Å²) in [7, 11) is 0. The van der Waals surface area contributed by atoms with E-state index in [9.17, 15) is 0 Å². The zero-order valence-corrected chi connectivity index (χ0v) is 12.7. The van der Waals surface area contributed by atoms with Crippen LogP contribution < -0.4 is 0 Å². The summed E-state index contributed by atoms with van der Waals surface area (Å²) in [5.74, 6) is 0. The molecule has 0 aromatic carbocycles. The molecule has 2 aromatic rings. The van der Waals surface area contributed by atoms with Crippen molar-refractivity contribution in [3.63, 3.8) is 0 Å². The SMILES string of the molecule is Cc1nc(C)c(CN2CCc3[nH]c(=S)ncc3C2)s1. The van der Waals surface area contributed by atoms with Crippen LogP contribution in [0.15, 0.2) is 6.20 Å². The fourth-order valence-corrected chi connectivity index (χ4v) is 3.62. The van der Waals surface area contributed by atoms with Crippen molar-refractivity contribution < 1.29 is 0 Å². The molecule has 0 spiro atoms. The summed E-state index contributed by atoms with van der Waals surface area (Å²) in [5, 5.41) is 1.15. The molecule has 0 saturated carbocycles. The van der Waals surface area contributed by atoms with Crippen molar-refractivity contribution in [2.45, 2.75) is 33.4 Å². The second-order valence-corrected chi connectivity index (χ2v) is 6.57. The van der Waals surface area contributed by atoms with Gasteiger partial charge in [0.25, 0.3) is 0 Å². The fraction of sp³-hybridized carbons (Fsp3) is 0.462. The monoisotopic (exact) mass is 292 g/mol. The molecular formula is C13H16N4S2. The van der Waals surface area contributed by atoms with Gasteiger partial charge in [0.05, 0.1) is 10.7 Å². The number of aromatic nitrogens is 3. The number of hydrogen-bond acceptors (Lipinski definition) is 5. The van der Waals surface area contributed by atoms with Gasteiger partial charge in [-0.25, -0.2) is 9.97 Å². The van der Waals surface area contributed by atoms with Crippen molar-refractivity contribution in [3.8, 4) is 0 Å². The molecule has 19 heavy (non-hydrogen) atoms. The zero-order valence-electron chi connectivity index (χ0n) is 11.1. The van der Waals surface area contributed by atoms with Crippen molar-refractivity contribution in [1.29, 1.82) is 0 Å². The molecule has 0 bridgehead atoms. The highest BCUT2D eigenvalue weighted by Gasteiger charge is 2.18. The summed E-state index contributed by atoms with van der Waals surface area (Å²) in [6.45, 7) is 7.13. The first kappa shape index (κ1) is 12.9. The summed E-state index contributed by atoms with van der Waals surface area (Å²) in [6, 6.07) is 0. The summed E-state index contributed by atoms with van der Waals surface area (Å²) in [5.41, 5.74) is 3.67. The van der Waals surface area contributed by atoms with E-state index < -0.39 is 0 Å². The number of H-pyrrole nitrogens is 1. The van der Waals surface area contributed by atoms with Gasteiger partial charge in [0.2, 0.25) is 0 Å². The minimum atomic E-state index is 0.584. The molecule has 3 heterocycles. The Morgan fingerprint density at radius 3 is 3.05 bits per heavy atom. The molecule has 0 aliphatic carbocycles. The van der Waals surface area contributed by atoms with E-state index in [4.69, 9.17) is 12.2 Å². The van der Waals surface area contributed by atoms with Crippen molar-refractivity contribution in [2.24, 2.45) is 0 Å². The highest BCUT2D eigenvalue weighted by atomic mass is 32.1. The number of fused-ring (bicyclic) bond motifs is 1. The van der Waals surface area contributed by atoms with E-state index in [1.165, 1.54) is 21.8 Å². The Hall–Kier alpha value is -1.11. The largest absolute Gasteiger partial charge is 0.334 e. The van der Waals surface area contributed by atoms with Crippen LogP contribution in [0.4, 0.5) is 0 Å². The molecule has 1 N–H and O–H groups in total. The maximum absolute atomic E-state index is 5.06. The van der Waals surface area contributed by atoms with Gasteiger partial charge in [0.1, 0.15) is 0 Å². The first-order valence-corrected chi connectivity index (χ1v) is 7.56. The van der Waals surface area contributed by atoms with E-state index >= 15 is 0 Å². The van der Waals surface area contributed by atoms with Crippen molar-refractivity contribution in [1.82, 2.24) is 19.9 Å². The van der Waals surface area contributed by atoms with Crippen LogP contribution in [-0.2, 0) is 19.5 Å². The maximum Gasteiger partial charge on any atom is 0.196 e. The summed E-state index contributed by atoms with van der Waals surface area (Å²) < 4.78 is 0.584. The number of aryl methyl sites for hydroxylation is 2. The van der Waals surface area contributed by atoms with E-state index in [1.54, 1.807) is 11.3 Å². The molecule has 3 rings (SSSR count). The van der Waals surface area contributed by atoms with E-state index in [2.05, 4.69) is 33.7 Å². The van der Waals surface area contributed by atoms with Gasteiger partial charge in [-0.1, -0.05) is 0 Å². The minimum absolute atomic E-state index is 0.584. The van der Waals surface area contributed by atoms with Gasteiger partial charge in [-0.05, 0) is 26.1 Å². The predicted molar refractivity (Wildman–Crippen MR) is 78.8 cm³/mol. The quantitative estimate of drug-likeness (QED) is 0.865. The fourth-order valence-electron chi connectivity index (χ4n) is 2.46. The molecule has 0 radical (unpaired) electrons. The number of nitrogens with zero attached hydrogens (tertiary/aromatic N) is 3. The molecule has 1 aliphatic heterocycles. The summed E-state index contributed by atoms with van der Waals surface area (Å²) in [6.07, 6.45) is 2.92. The van der Waals surface area contributed by atoms with Crippen LogP contribution in [0.2, 0.25) is 0 Å². The number of hydrogen-bond donors (Lipinski definition) is 1. The minimum Gasteiger partial charge on any atom is -0.334 e. The van der Waals surface area contributed by atoms with E-state index in [1.807, 2.05) is 6.20 Å². The van der Waals surface area contributed by atoms with Crippen LogP contribution >= 0.6 is 23.6 Å². The Bertz CT molecular complexity index is 659. The Morgan fingerprint density at radius 1 is 1.47 bits per heavy atom. The third kappa shape index (κ3) is 2.75. The van der Waals surface area contributed by atoms with E-state index in [0.717, 1.165) is 31.1 Å². The van der Waals surface area contributed by atoms with Gasteiger partial charge in [0.15, 0.2) is 4.77 Å². The standard InChI is InChI=1S/C13H16N4S2/c1-8-12(19-9(2)15-8)7-17-4-3-11-10(6-17)5-14-13(18)16-11/h5H,3-4,6-7H2,1-2H3,(H,14,16,18). The lowest BCUT2D eigenvalue weighted by molar-refractivity contribution is 0.244. The Morgan fingerprint density at radius 2 is 2.32 bits per heavy atom. The van der Waals surface area contributed by atoms with Gasteiger partial charge >= 0.3 is 0 Å². The van der Waals surface area contributed by atoms with Crippen molar-refractivity contribution in [3.05, 3.63) is 37.8 Å². The van der Waals surface area contributed by atoms with Gasteiger partial charge in [0, 0.05) is 48.4 Å². The lowest BCUT2D eigenvalue weighted by Crippen LogP contribution is -2.30. The zero-order chi connectivity index (χ0) is 13.4. The molecule has 2 aromatic heterocycles. The topological polar surface area (TPSA) is 44.8 Å². The third-order valence-electron chi connectivity index (χ3n) is 3.42. The Balaban J connectivity index is 1.77. The molecule has 0 amide bonds. The average molecular weight is 292 g/mol. The predicted octanol–water partition coefficient (Wildman–Crippen LogP) is 2.77. The number of nitrogens with one attached hydrogen (secondary N) is 1. The van der Waals surface area contributed by atoms with Crippen LogP contribution in [0.3, 0.4) is 0 Å². The van der Waals surface area contributed by atoms with Gasteiger partial charge in [-0.15, -0.1) is 11.3 Å². The maximum atomic E-state index is 5.06. The van der Waals surface area contributed by atoms with E-state index in [-0.39, 0.29) is 0 Å². The molecule has 0 saturated heterocycles.